The number of hydrogen-bond acceptors (Lipinski definition) is 4. The van der Waals surface area contributed by atoms with Crippen LogP contribution in [0.2, 0.25) is 0 Å². The molecule has 0 radical (unpaired) electrons. The van der Waals surface area contributed by atoms with Crippen molar-refractivity contribution in [1.82, 2.24) is 4.90 Å². The molecular weight excluding hydrogens is 383 g/mol. The number of benzene rings is 2. The summed E-state index contributed by atoms with van der Waals surface area (Å²) in [6.45, 7) is 3.59. The quantitative estimate of drug-likeness (QED) is 0.712. The number of carbonyl (C=O) groups is 1. The minimum atomic E-state index is -4.48. The third kappa shape index (κ3) is 4.52. The van der Waals surface area contributed by atoms with Gasteiger partial charge in [0.05, 0.1) is 18.8 Å². The highest BCUT2D eigenvalue weighted by atomic mass is 19.4. The van der Waals surface area contributed by atoms with E-state index in [1.165, 1.54) is 12.1 Å². The molecule has 0 unspecified atom stereocenters. The van der Waals surface area contributed by atoms with E-state index >= 15 is 0 Å². The van der Waals surface area contributed by atoms with Crippen molar-refractivity contribution in [3.8, 4) is 0 Å². The Bertz CT molecular complexity index is 881. The third-order valence-electron chi connectivity index (χ3n) is 5.48. The first-order valence-electron chi connectivity index (χ1n) is 9.66. The maximum Gasteiger partial charge on any atom is 0.416 e. The number of alkyl halides is 3. The molecule has 0 atom stereocenters. The van der Waals surface area contributed by atoms with Crippen molar-refractivity contribution in [2.45, 2.75) is 31.3 Å². The van der Waals surface area contributed by atoms with Crippen molar-refractivity contribution >= 4 is 5.78 Å². The van der Waals surface area contributed by atoms with E-state index in [4.69, 9.17) is 9.47 Å². The second-order valence-corrected chi connectivity index (χ2v) is 7.49. The van der Waals surface area contributed by atoms with Crippen LogP contribution in [0.4, 0.5) is 13.2 Å². The van der Waals surface area contributed by atoms with E-state index < -0.39 is 23.3 Å². The SMILES string of the molecule is O=C(c1cccc(CN2CCC3(CC2)OCCO3)c1)c1cccc(C(F)(F)F)c1. The molecule has 4 nitrogen and oxygen atoms in total. The second-order valence-electron chi connectivity index (χ2n) is 7.49. The monoisotopic (exact) mass is 405 g/mol. The molecule has 2 saturated heterocycles. The highest BCUT2D eigenvalue weighted by Crippen LogP contribution is 2.32. The molecule has 7 heteroatoms. The van der Waals surface area contributed by atoms with Crippen molar-refractivity contribution in [3.63, 3.8) is 0 Å². The lowest BCUT2D eigenvalue weighted by Crippen LogP contribution is -2.44. The summed E-state index contributed by atoms with van der Waals surface area (Å²) in [5.74, 6) is -0.846. The van der Waals surface area contributed by atoms with Gasteiger partial charge in [0, 0.05) is 43.6 Å². The fourth-order valence-corrected chi connectivity index (χ4v) is 3.91. The zero-order valence-electron chi connectivity index (χ0n) is 15.9. The Morgan fingerprint density at radius 1 is 0.966 bits per heavy atom. The Morgan fingerprint density at radius 3 is 2.24 bits per heavy atom. The first-order chi connectivity index (χ1) is 13.8. The number of hydrogen-bond donors (Lipinski definition) is 0. The second kappa shape index (κ2) is 7.89. The third-order valence-corrected chi connectivity index (χ3v) is 5.48. The standard InChI is InChI=1S/C22H22F3NO3/c23-22(24,25)19-6-2-5-18(14-19)20(27)17-4-1-3-16(13-17)15-26-9-7-21(8-10-26)28-11-12-29-21/h1-6,13-14H,7-12,15H2. The highest BCUT2D eigenvalue weighted by molar-refractivity contribution is 6.09. The topological polar surface area (TPSA) is 38.8 Å². The van der Waals surface area contributed by atoms with E-state index in [9.17, 15) is 18.0 Å². The van der Waals surface area contributed by atoms with Crippen molar-refractivity contribution in [2.75, 3.05) is 26.3 Å². The lowest BCUT2D eigenvalue weighted by molar-refractivity contribution is -0.185. The first-order valence-corrected chi connectivity index (χ1v) is 9.66. The molecule has 2 aromatic rings. The molecule has 0 N–H and O–H groups in total. The van der Waals surface area contributed by atoms with E-state index in [1.54, 1.807) is 18.2 Å². The van der Waals surface area contributed by atoms with E-state index in [1.807, 2.05) is 6.07 Å². The van der Waals surface area contributed by atoms with E-state index in [-0.39, 0.29) is 5.56 Å². The maximum absolute atomic E-state index is 12.9. The van der Waals surface area contributed by atoms with E-state index in [0.29, 0.717) is 25.3 Å². The summed E-state index contributed by atoms with van der Waals surface area (Å²) in [6.07, 6.45) is -2.87. The number of nitrogens with zero attached hydrogens (tertiary/aromatic N) is 1. The Hall–Kier alpha value is -2.22. The van der Waals surface area contributed by atoms with Gasteiger partial charge in [0.1, 0.15) is 0 Å². The Morgan fingerprint density at radius 2 is 1.59 bits per heavy atom. The molecule has 4 rings (SSSR count). The zero-order valence-corrected chi connectivity index (χ0v) is 15.9. The number of carbonyl (C=O) groups excluding carboxylic acids is 1. The van der Waals surface area contributed by atoms with Crippen molar-refractivity contribution in [2.24, 2.45) is 0 Å². The molecule has 1 spiro atoms. The molecule has 2 aromatic carbocycles. The Kier molecular flexibility index (Phi) is 5.46. The van der Waals surface area contributed by atoms with Gasteiger partial charge >= 0.3 is 6.18 Å². The van der Waals surface area contributed by atoms with Gasteiger partial charge in [0.25, 0.3) is 0 Å². The van der Waals surface area contributed by atoms with Gasteiger partial charge in [0.15, 0.2) is 11.6 Å². The number of halogens is 3. The highest BCUT2D eigenvalue weighted by Gasteiger charge is 2.39. The summed E-state index contributed by atoms with van der Waals surface area (Å²) < 4.78 is 50.3. The van der Waals surface area contributed by atoms with Crippen LogP contribution in [0.1, 0.15) is 39.9 Å². The van der Waals surface area contributed by atoms with Gasteiger partial charge in [-0.1, -0.05) is 30.3 Å². The average Bonchev–Trinajstić information content (AvgIpc) is 3.17. The summed E-state index contributed by atoms with van der Waals surface area (Å²) in [6, 6.07) is 11.6. The fraction of sp³-hybridized carbons (Fsp3) is 0.409. The van der Waals surface area contributed by atoms with Crippen LogP contribution in [-0.2, 0) is 22.2 Å². The van der Waals surface area contributed by atoms with Crippen LogP contribution < -0.4 is 0 Å². The Labute approximate surface area is 167 Å². The minimum absolute atomic E-state index is 0.0346. The molecule has 2 aliphatic heterocycles. The summed E-state index contributed by atoms with van der Waals surface area (Å²) in [5, 5.41) is 0. The van der Waals surface area contributed by atoms with Crippen LogP contribution >= 0.6 is 0 Å². The van der Waals surface area contributed by atoms with Crippen molar-refractivity contribution in [3.05, 3.63) is 70.8 Å². The van der Waals surface area contributed by atoms with E-state index in [0.717, 1.165) is 43.6 Å². The van der Waals surface area contributed by atoms with Crippen LogP contribution in [-0.4, -0.2) is 42.8 Å². The Balaban J connectivity index is 1.44. The summed E-state index contributed by atoms with van der Waals surface area (Å²) in [4.78, 5) is 15.0. The number of rotatable bonds is 4. The summed E-state index contributed by atoms with van der Waals surface area (Å²) in [7, 11) is 0. The molecule has 2 aliphatic rings. The molecule has 0 aliphatic carbocycles. The molecule has 0 aromatic heterocycles. The fourth-order valence-electron chi connectivity index (χ4n) is 3.91. The molecule has 0 amide bonds. The zero-order chi connectivity index (χ0) is 20.5. The van der Waals surface area contributed by atoms with E-state index in [2.05, 4.69) is 4.90 Å². The van der Waals surface area contributed by atoms with Gasteiger partial charge in [-0.05, 0) is 23.8 Å². The summed E-state index contributed by atoms with van der Waals surface area (Å²) in [5.41, 5.74) is 0.551. The molecule has 0 saturated carbocycles. The van der Waals surface area contributed by atoms with Gasteiger partial charge in [-0.2, -0.15) is 13.2 Å². The van der Waals surface area contributed by atoms with Gasteiger partial charge < -0.3 is 9.47 Å². The number of piperidine rings is 1. The predicted molar refractivity (Wildman–Crippen MR) is 100 cm³/mol. The van der Waals surface area contributed by atoms with Gasteiger partial charge in [-0.3, -0.25) is 9.69 Å². The molecule has 0 bridgehead atoms. The number of ketones is 1. The molecule has 2 fully saturated rings. The van der Waals surface area contributed by atoms with Gasteiger partial charge in [-0.25, -0.2) is 0 Å². The smallest absolute Gasteiger partial charge is 0.347 e. The normalized spacial score (nSPS) is 19.6. The molecule has 29 heavy (non-hydrogen) atoms. The van der Waals surface area contributed by atoms with Crippen LogP contribution in [0.3, 0.4) is 0 Å². The first kappa shape index (κ1) is 20.1. The lowest BCUT2D eigenvalue weighted by atomic mass is 9.98. The van der Waals surface area contributed by atoms with Crippen LogP contribution in [0.15, 0.2) is 48.5 Å². The molecule has 154 valence electrons. The van der Waals surface area contributed by atoms with Crippen LogP contribution in [0, 0.1) is 0 Å². The molecular formula is C22H22F3NO3. The minimum Gasteiger partial charge on any atom is -0.347 e. The largest absolute Gasteiger partial charge is 0.416 e. The van der Waals surface area contributed by atoms with Crippen molar-refractivity contribution < 1.29 is 27.4 Å². The van der Waals surface area contributed by atoms with Gasteiger partial charge in [0.2, 0.25) is 0 Å². The van der Waals surface area contributed by atoms with Crippen LogP contribution in [0.5, 0.6) is 0 Å². The summed E-state index contributed by atoms with van der Waals surface area (Å²) >= 11 is 0. The molecule has 2 heterocycles. The van der Waals surface area contributed by atoms with Crippen molar-refractivity contribution in [1.29, 1.82) is 0 Å². The maximum atomic E-state index is 12.9. The number of likely N-dealkylation sites (tertiary alicyclic amines) is 1. The number of ether oxygens (including phenoxy) is 2. The lowest BCUT2D eigenvalue weighted by Gasteiger charge is -2.37. The predicted octanol–water partition coefficient (Wildman–Crippen LogP) is 4.28. The van der Waals surface area contributed by atoms with Gasteiger partial charge in [-0.15, -0.1) is 0 Å². The van der Waals surface area contributed by atoms with Crippen LogP contribution in [0.25, 0.3) is 0 Å². The average molecular weight is 405 g/mol.